The molecule has 0 aromatic carbocycles. The summed E-state index contributed by atoms with van der Waals surface area (Å²) in [7, 11) is 0. The summed E-state index contributed by atoms with van der Waals surface area (Å²) in [5.41, 5.74) is 5.75. The van der Waals surface area contributed by atoms with E-state index in [0.717, 1.165) is 6.42 Å². The van der Waals surface area contributed by atoms with Crippen LogP contribution in [0.2, 0.25) is 0 Å². The van der Waals surface area contributed by atoms with E-state index in [4.69, 9.17) is 5.73 Å². The van der Waals surface area contributed by atoms with Gasteiger partial charge in [-0.15, -0.1) is 12.4 Å². The SMILES string of the molecule is CC(C)(CN)NC(=O)C1CC12CCCC2.Cl. The molecule has 4 heteroatoms. The molecular formula is C12H23ClN2O. The molecule has 0 aliphatic heterocycles. The molecule has 94 valence electrons. The van der Waals surface area contributed by atoms with Gasteiger partial charge in [-0.2, -0.15) is 0 Å². The Labute approximate surface area is 104 Å². The standard InChI is InChI=1S/C12H22N2O.ClH/c1-11(2,8-13)14-10(15)9-7-12(9)5-3-4-6-12;/h9H,3-8,13H2,1-2H3,(H,14,15);1H. The maximum atomic E-state index is 12.0. The highest BCUT2D eigenvalue weighted by molar-refractivity contribution is 5.85. The Balaban J connectivity index is 0.00000128. The van der Waals surface area contributed by atoms with Gasteiger partial charge in [-0.05, 0) is 38.5 Å². The van der Waals surface area contributed by atoms with Crippen molar-refractivity contribution in [3.05, 3.63) is 0 Å². The van der Waals surface area contributed by atoms with Crippen molar-refractivity contribution in [1.82, 2.24) is 5.32 Å². The third-order valence-electron chi connectivity index (χ3n) is 4.08. The van der Waals surface area contributed by atoms with Crippen molar-refractivity contribution in [2.24, 2.45) is 17.1 Å². The number of rotatable bonds is 3. The molecule has 2 aliphatic rings. The average molecular weight is 247 g/mol. The molecule has 0 aromatic rings. The van der Waals surface area contributed by atoms with E-state index < -0.39 is 0 Å². The highest BCUT2D eigenvalue weighted by Gasteiger charge is 2.58. The molecule has 0 heterocycles. The number of carbonyl (C=O) groups excluding carboxylic acids is 1. The van der Waals surface area contributed by atoms with Crippen LogP contribution >= 0.6 is 12.4 Å². The van der Waals surface area contributed by atoms with Crippen LogP contribution in [0.3, 0.4) is 0 Å². The second kappa shape index (κ2) is 4.53. The van der Waals surface area contributed by atoms with Gasteiger partial charge in [0.2, 0.25) is 5.91 Å². The number of halogens is 1. The van der Waals surface area contributed by atoms with Crippen LogP contribution in [0.25, 0.3) is 0 Å². The first kappa shape index (κ1) is 13.8. The number of hydrogen-bond donors (Lipinski definition) is 2. The molecule has 0 saturated heterocycles. The number of nitrogens with two attached hydrogens (primary N) is 1. The van der Waals surface area contributed by atoms with Crippen LogP contribution in [-0.2, 0) is 4.79 Å². The lowest BCUT2D eigenvalue weighted by Gasteiger charge is -2.24. The Morgan fingerprint density at radius 3 is 2.50 bits per heavy atom. The number of hydrogen-bond acceptors (Lipinski definition) is 2. The van der Waals surface area contributed by atoms with Gasteiger partial charge in [0.25, 0.3) is 0 Å². The summed E-state index contributed by atoms with van der Waals surface area (Å²) in [4.78, 5) is 12.0. The summed E-state index contributed by atoms with van der Waals surface area (Å²) in [5.74, 6) is 0.512. The lowest BCUT2D eigenvalue weighted by molar-refractivity contribution is -0.124. The molecular weight excluding hydrogens is 224 g/mol. The molecule has 3 N–H and O–H groups in total. The number of amides is 1. The minimum absolute atomic E-state index is 0. The molecule has 2 fully saturated rings. The lowest BCUT2D eigenvalue weighted by Crippen LogP contribution is -2.49. The summed E-state index contributed by atoms with van der Waals surface area (Å²) in [5, 5.41) is 3.06. The summed E-state index contributed by atoms with van der Waals surface area (Å²) in [6.07, 6.45) is 6.25. The van der Waals surface area contributed by atoms with Crippen molar-refractivity contribution in [1.29, 1.82) is 0 Å². The first-order valence-corrected chi connectivity index (χ1v) is 6.01. The topological polar surface area (TPSA) is 55.1 Å². The van der Waals surface area contributed by atoms with Gasteiger partial charge in [-0.1, -0.05) is 12.8 Å². The summed E-state index contributed by atoms with van der Waals surface area (Å²) >= 11 is 0. The Bertz CT molecular complexity index is 272. The largest absolute Gasteiger partial charge is 0.350 e. The fraction of sp³-hybridized carbons (Fsp3) is 0.917. The van der Waals surface area contributed by atoms with E-state index >= 15 is 0 Å². The Morgan fingerprint density at radius 2 is 2.00 bits per heavy atom. The van der Waals surface area contributed by atoms with Crippen LogP contribution in [0.1, 0.15) is 46.0 Å². The zero-order chi connectivity index (χ0) is 11.1. The summed E-state index contributed by atoms with van der Waals surface area (Å²) in [6.45, 7) is 4.46. The monoisotopic (exact) mass is 246 g/mol. The van der Waals surface area contributed by atoms with Crippen LogP contribution in [0, 0.1) is 11.3 Å². The van der Waals surface area contributed by atoms with Crippen LogP contribution in [0.5, 0.6) is 0 Å². The van der Waals surface area contributed by atoms with Gasteiger partial charge in [-0.3, -0.25) is 4.79 Å². The first-order valence-electron chi connectivity index (χ1n) is 6.01. The Morgan fingerprint density at radius 1 is 1.44 bits per heavy atom. The molecule has 0 bridgehead atoms. The third-order valence-corrected chi connectivity index (χ3v) is 4.08. The van der Waals surface area contributed by atoms with Crippen LogP contribution in [0.4, 0.5) is 0 Å². The summed E-state index contributed by atoms with van der Waals surface area (Å²) < 4.78 is 0. The van der Waals surface area contributed by atoms with Crippen LogP contribution < -0.4 is 11.1 Å². The second-order valence-corrected chi connectivity index (χ2v) is 5.90. The van der Waals surface area contributed by atoms with Crippen molar-refractivity contribution in [3.63, 3.8) is 0 Å². The quantitative estimate of drug-likeness (QED) is 0.799. The van der Waals surface area contributed by atoms with Crippen LogP contribution in [-0.4, -0.2) is 18.0 Å². The van der Waals surface area contributed by atoms with E-state index in [1.54, 1.807) is 0 Å². The molecule has 0 aromatic heterocycles. The highest BCUT2D eigenvalue weighted by atomic mass is 35.5. The van der Waals surface area contributed by atoms with E-state index in [2.05, 4.69) is 5.32 Å². The zero-order valence-electron chi connectivity index (χ0n) is 10.2. The number of carbonyl (C=O) groups is 1. The normalized spacial score (nSPS) is 26.3. The van der Waals surface area contributed by atoms with Crippen molar-refractivity contribution < 1.29 is 4.79 Å². The lowest BCUT2D eigenvalue weighted by atomic mass is 10.0. The first-order chi connectivity index (χ1) is 6.99. The fourth-order valence-corrected chi connectivity index (χ4v) is 2.82. The van der Waals surface area contributed by atoms with E-state index in [-0.39, 0.29) is 29.8 Å². The Kier molecular flexibility index (Phi) is 3.91. The molecule has 1 amide bonds. The van der Waals surface area contributed by atoms with Gasteiger partial charge >= 0.3 is 0 Å². The fourth-order valence-electron chi connectivity index (χ4n) is 2.82. The van der Waals surface area contributed by atoms with Gasteiger partial charge in [0.05, 0.1) is 0 Å². The van der Waals surface area contributed by atoms with Gasteiger partial charge in [0.1, 0.15) is 0 Å². The van der Waals surface area contributed by atoms with Crippen molar-refractivity contribution in [2.75, 3.05) is 6.54 Å². The molecule has 0 radical (unpaired) electrons. The van der Waals surface area contributed by atoms with Crippen molar-refractivity contribution in [2.45, 2.75) is 51.5 Å². The average Bonchev–Trinajstić information content (AvgIpc) is 2.65. The molecule has 2 rings (SSSR count). The Hall–Kier alpha value is -0.280. The molecule has 2 aliphatic carbocycles. The molecule has 1 atom stereocenters. The predicted molar refractivity (Wildman–Crippen MR) is 67.5 cm³/mol. The maximum Gasteiger partial charge on any atom is 0.224 e. The van der Waals surface area contributed by atoms with Crippen LogP contribution in [0.15, 0.2) is 0 Å². The van der Waals surface area contributed by atoms with Gasteiger partial charge in [0, 0.05) is 18.0 Å². The molecule has 2 saturated carbocycles. The van der Waals surface area contributed by atoms with Crippen molar-refractivity contribution in [3.8, 4) is 0 Å². The second-order valence-electron chi connectivity index (χ2n) is 5.90. The number of nitrogens with one attached hydrogen (secondary N) is 1. The maximum absolute atomic E-state index is 12.0. The molecule has 3 nitrogen and oxygen atoms in total. The highest BCUT2D eigenvalue weighted by Crippen LogP contribution is 2.62. The molecule has 16 heavy (non-hydrogen) atoms. The predicted octanol–water partition coefficient (Wildman–Crippen LogP) is 1.84. The summed E-state index contributed by atoms with van der Waals surface area (Å²) in [6, 6.07) is 0. The zero-order valence-corrected chi connectivity index (χ0v) is 11.0. The smallest absolute Gasteiger partial charge is 0.224 e. The van der Waals surface area contributed by atoms with E-state index in [9.17, 15) is 4.79 Å². The molecule has 1 unspecified atom stereocenters. The van der Waals surface area contributed by atoms with E-state index in [0.29, 0.717) is 12.0 Å². The van der Waals surface area contributed by atoms with Gasteiger partial charge in [0.15, 0.2) is 0 Å². The van der Waals surface area contributed by atoms with Gasteiger partial charge in [-0.25, -0.2) is 0 Å². The van der Waals surface area contributed by atoms with Gasteiger partial charge < -0.3 is 11.1 Å². The van der Waals surface area contributed by atoms with E-state index in [1.807, 2.05) is 13.8 Å². The van der Waals surface area contributed by atoms with E-state index in [1.165, 1.54) is 25.7 Å². The molecule has 1 spiro atoms. The van der Waals surface area contributed by atoms with Crippen molar-refractivity contribution >= 4 is 18.3 Å². The minimum atomic E-state index is -0.251. The third kappa shape index (κ3) is 2.51. The minimum Gasteiger partial charge on any atom is -0.350 e.